The molecule has 1 aromatic rings. The third-order valence-corrected chi connectivity index (χ3v) is 4.69. The van der Waals surface area contributed by atoms with Crippen molar-refractivity contribution in [2.45, 2.75) is 51.0 Å². The molecule has 0 aromatic heterocycles. The van der Waals surface area contributed by atoms with Gasteiger partial charge in [0.05, 0.1) is 5.60 Å². The maximum absolute atomic E-state index is 11.4. The van der Waals surface area contributed by atoms with Gasteiger partial charge in [-0.3, -0.25) is 0 Å². The molecule has 0 amide bonds. The second-order valence-corrected chi connectivity index (χ2v) is 6.37. The van der Waals surface area contributed by atoms with Crippen LogP contribution in [0.4, 0.5) is 0 Å². The number of benzene rings is 1. The predicted octanol–water partition coefficient (Wildman–Crippen LogP) is 4.11. The summed E-state index contributed by atoms with van der Waals surface area (Å²) >= 11 is 6.12. The van der Waals surface area contributed by atoms with E-state index in [9.17, 15) is 5.11 Å². The van der Waals surface area contributed by atoms with E-state index in [1.54, 1.807) is 0 Å². The van der Waals surface area contributed by atoms with E-state index in [0.717, 1.165) is 44.3 Å². The van der Waals surface area contributed by atoms with E-state index >= 15 is 0 Å². The average molecular weight is 296 g/mol. The highest BCUT2D eigenvalue weighted by Gasteiger charge is 2.38. The second kappa shape index (κ2) is 7.44. The number of rotatable bonds is 6. The molecule has 0 unspecified atom stereocenters. The van der Waals surface area contributed by atoms with E-state index < -0.39 is 5.60 Å². The molecule has 0 saturated carbocycles. The summed E-state index contributed by atoms with van der Waals surface area (Å²) in [5.41, 5.74) is 0.239. The number of hydrogen-bond donors (Lipinski definition) is 2. The zero-order valence-corrected chi connectivity index (χ0v) is 13.1. The normalized spacial score (nSPS) is 22.4. The molecule has 1 fully saturated rings. The molecule has 2 atom stereocenters. The molecule has 1 heterocycles. The summed E-state index contributed by atoms with van der Waals surface area (Å²) < 4.78 is 0. The molecule has 1 aliphatic heterocycles. The van der Waals surface area contributed by atoms with Crippen LogP contribution in [0.15, 0.2) is 24.3 Å². The Bertz CT molecular complexity index is 417. The van der Waals surface area contributed by atoms with Crippen molar-refractivity contribution >= 4 is 11.6 Å². The third-order valence-electron chi connectivity index (χ3n) is 4.46. The number of piperidine rings is 1. The van der Waals surface area contributed by atoms with E-state index in [0.29, 0.717) is 5.02 Å². The van der Waals surface area contributed by atoms with Gasteiger partial charge in [0.1, 0.15) is 0 Å². The smallest absolute Gasteiger partial charge is 0.0937 e. The van der Waals surface area contributed by atoms with Gasteiger partial charge in [0.25, 0.3) is 0 Å². The van der Waals surface area contributed by atoms with Crippen molar-refractivity contribution in [2.24, 2.45) is 5.92 Å². The van der Waals surface area contributed by atoms with Crippen LogP contribution in [-0.2, 0) is 5.60 Å². The standard InChI is InChI=1S/C17H26ClNO/c1-2-3-4-10-17(20,15-8-6-11-19-13-15)14-7-5-9-16(18)12-14/h5,7,9,12,15,19-20H,2-4,6,8,10-11,13H2,1H3/t15-,17-/m1/s1. The summed E-state index contributed by atoms with van der Waals surface area (Å²) in [4.78, 5) is 0. The Kier molecular flexibility index (Phi) is 5.88. The van der Waals surface area contributed by atoms with Crippen molar-refractivity contribution in [3.63, 3.8) is 0 Å². The summed E-state index contributed by atoms with van der Waals surface area (Å²) in [5.74, 6) is 0.284. The molecule has 0 spiro atoms. The lowest BCUT2D eigenvalue weighted by atomic mass is 9.74. The van der Waals surface area contributed by atoms with Crippen molar-refractivity contribution in [3.05, 3.63) is 34.9 Å². The van der Waals surface area contributed by atoms with Gasteiger partial charge in [-0.15, -0.1) is 0 Å². The fourth-order valence-electron chi connectivity index (χ4n) is 3.25. The van der Waals surface area contributed by atoms with Gasteiger partial charge in [-0.2, -0.15) is 0 Å². The molecule has 20 heavy (non-hydrogen) atoms. The van der Waals surface area contributed by atoms with Gasteiger partial charge >= 0.3 is 0 Å². The molecule has 0 radical (unpaired) electrons. The first kappa shape index (κ1) is 15.8. The molecular weight excluding hydrogens is 270 g/mol. The minimum absolute atomic E-state index is 0.284. The Morgan fingerprint density at radius 2 is 2.25 bits per heavy atom. The van der Waals surface area contributed by atoms with Crippen LogP contribution >= 0.6 is 11.6 Å². The van der Waals surface area contributed by atoms with Gasteiger partial charge < -0.3 is 10.4 Å². The molecule has 2 nitrogen and oxygen atoms in total. The molecule has 2 N–H and O–H groups in total. The Hall–Kier alpha value is -0.570. The van der Waals surface area contributed by atoms with Crippen LogP contribution in [0.1, 0.15) is 51.0 Å². The summed E-state index contributed by atoms with van der Waals surface area (Å²) in [6, 6.07) is 7.77. The number of nitrogens with one attached hydrogen (secondary N) is 1. The molecule has 0 aliphatic carbocycles. The fourth-order valence-corrected chi connectivity index (χ4v) is 3.44. The Morgan fingerprint density at radius 1 is 1.40 bits per heavy atom. The minimum Gasteiger partial charge on any atom is -0.385 e. The maximum atomic E-state index is 11.4. The Morgan fingerprint density at radius 3 is 2.90 bits per heavy atom. The zero-order valence-electron chi connectivity index (χ0n) is 12.4. The predicted molar refractivity (Wildman–Crippen MR) is 85.1 cm³/mol. The first-order chi connectivity index (χ1) is 9.66. The van der Waals surface area contributed by atoms with Gasteiger partial charge in [-0.05, 0) is 43.5 Å². The highest BCUT2D eigenvalue weighted by atomic mass is 35.5. The topological polar surface area (TPSA) is 32.3 Å². The lowest BCUT2D eigenvalue weighted by Gasteiger charge is -2.39. The molecule has 3 heteroatoms. The summed E-state index contributed by atoms with van der Waals surface area (Å²) in [6.45, 7) is 4.16. The quantitative estimate of drug-likeness (QED) is 0.774. The van der Waals surface area contributed by atoms with Crippen LogP contribution in [0.25, 0.3) is 0 Å². The third kappa shape index (κ3) is 3.75. The highest BCUT2D eigenvalue weighted by molar-refractivity contribution is 6.30. The number of hydrogen-bond acceptors (Lipinski definition) is 2. The monoisotopic (exact) mass is 295 g/mol. The largest absolute Gasteiger partial charge is 0.385 e. The molecule has 0 bridgehead atoms. The van der Waals surface area contributed by atoms with Crippen molar-refractivity contribution in [1.29, 1.82) is 0 Å². The Balaban J connectivity index is 2.22. The van der Waals surface area contributed by atoms with Crippen LogP contribution < -0.4 is 5.32 Å². The van der Waals surface area contributed by atoms with Gasteiger partial charge in [-0.1, -0.05) is 49.9 Å². The van der Waals surface area contributed by atoms with Crippen molar-refractivity contribution in [2.75, 3.05) is 13.1 Å². The van der Waals surface area contributed by atoms with Gasteiger partial charge in [0, 0.05) is 17.5 Å². The lowest BCUT2D eigenvalue weighted by molar-refractivity contribution is -0.0425. The molecule has 1 aromatic carbocycles. The van der Waals surface area contributed by atoms with Crippen LogP contribution in [0.5, 0.6) is 0 Å². The first-order valence-corrected chi connectivity index (χ1v) is 8.23. The summed E-state index contributed by atoms with van der Waals surface area (Å²) in [6.07, 6.45) is 6.46. The molecule has 1 saturated heterocycles. The maximum Gasteiger partial charge on any atom is 0.0937 e. The van der Waals surface area contributed by atoms with Crippen molar-refractivity contribution in [1.82, 2.24) is 5.32 Å². The van der Waals surface area contributed by atoms with Gasteiger partial charge in [-0.25, -0.2) is 0 Å². The number of unbranched alkanes of at least 4 members (excludes halogenated alkanes) is 2. The first-order valence-electron chi connectivity index (χ1n) is 7.86. The lowest BCUT2D eigenvalue weighted by Crippen LogP contribution is -2.44. The fraction of sp³-hybridized carbons (Fsp3) is 0.647. The summed E-state index contributed by atoms with van der Waals surface area (Å²) in [7, 11) is 0. The van der Waals surface area contributed by atoms with E-state index in [1.807, 2.05) is 24.3 Å². The van der Waals surface area contributed by atoms with E-state index in [4.69, 9.17) is 11.6 Å². The van der Waals surface area contributed by atoms with E-state index in [2.05, 4.69) is 12.2 Å². The van der Waals surface area contributed by atoms with Crippen LogP contribution in [0, 0.1) is 5.92 Å². The van der Waals surface area contributed by atoms with Gasteiger partial charge in [0.2, 0.25) is 0 Å². The molecule has 112 valence electrons. The molecule has 1 aliphatic rings. The minimum atomic E-state index is -0.743. The van der Waals surface area contributed by atoms with Crippen LogP contribution in [0.2, 0.25) is 5.02 Å². The number of aliphatic hydroxyl groups is 1. The zero-order chi connectivity index (χ0) is 14.4. The van der Waals surface area contributed by atoms with Crippen LogP contribution in [-0.4, -0.2) is 18.2 Å². The van der Waals surface area contributed by atoms with Crippen molar-refractivity contribution < 1.29 is 5.11 Å². The average Bonchev–Trinajstić information content (AvgIpc) is 2.48. The van der Waals surface area contributed by atoms with Gasteiger partial charge in [0.15, 0.2) is 0 Å². The SMILES string of the molecule is CCCCC[C@@](O)(c1cccc(Cl)c1)[C@@H]1CCCNC1. The summed E-state index contributed by atoms with van der Waals surface area (Å²) in [5, 5.41) is 15.5. The molecule has 2 rings (SSSR count). The van der Waals surface area contributed by atoms with Crippen LogP contribution in [0.3, 0.4) is 0 Å². The Labute approximate surface area is 127 Å². The van der Waals surface area contributed by atoms with E-state index in [1.165, 1.54) is 12.8 Å². The molecular formula is C17H26ClNO. The van der Waals surface area contributed by atoms with E-state index in [-0.39, 0.29) is 5.92 Å². The second-order valence-electron chi connectivity index (χ2n) is 5.93. The highest BCUT2D eigenvalue weighted by Crippen LogP contribution is 2.39. The number of halogens is 1. The van der Waals surface area contributed by atoms with Crippen molar-refractivity contribution in [3.8, 4) is 0 Å².